The van der Waals surface area contributed by atoms with Gasteiger partial charge in [0.05, 0.1) is 12.5 Å². The number of alkyl carbamates (subject to hydrolysis) is 1. The van der Waals surface area contributed by atoms with E-state index in [4.69, 9.17) is 9.47 Å². The molecule has 1 amide bonds. The molecule has 1 aliphatic rings. The molecule has 0 aromatic rings. The number of carbonyl (C=O) groups excluding carboxylic acids is 2. The highest BCUT2D eigenvalue weighted by molar-refractivity contribution is 5.73. The number of hydrogen-bond acceptors (Lipinski definition) is 4. The van der Waals surface area contributed by atoms with Crippen LogP contribution in [0.15, 0.2) is 0 Å². The summed E-state index contributed by atoms with van der Waals surface area (Å²) in [6, 6.07) is -0.00185. The maximum atomic E-state index is 11.7. The second-order valence-electron chi connectivity index (χ2n) is 5.96. The molecule has 5 nitrogen and oxygen atoms in total. The first-order chi connectivity index (χ1) is 8.81. The van der Waals surface area contributed by atoms with E-state index in [1.807, 2.05) is 20.8 Å². The van der Waals surface area contributed by atoms with Gasteiger partial charge in [-0.15, -0.1) is 0 Å². The van der Waals surface area contributed by atoms with Crippen LogP contribution in [0.2, 0.25) is 0 Å². The lowest BCUT2D eigenvalue weighted by Crippen LogP contribution is -2.42. The highest BCUT2D eigenvalue weighted by atomic mass is 16.6. The lowest BCUT2D eigenvalue weighted by molar-refractivity contribution is -0.149. The number of carbonyl (C=O) groups is 2. The van der Waals surface area contributed by atoms with Crippen LogP contribution in [0.3, 0.4) is 0 Å². The molecule has 1 fully saturated rings. The molecule has 5 heteroatoms. The molecule has 0 radical (unpaired) electrons. The van der Waals surface area contributed by atoms with Gasteiger partial charge in [-0.1, -0.05) is 6.42 Å². The predicted octanol–water partition coefficient (Wildman–Crippen LogP) is 2.63. The SMILES string of the molecule is CCOC(=O)[C@H]1CCC[C@H](NC(=O)OC(C)(C)C)C1. The van der Waals surface area contributed by atoms with E-state index in [-0.39, 0.29) is 17.9 Å². The zero-order chi connectivity index (χ0) is 14.5. The van der Waals surface area contributed by atoms with Crippen molar-refractivity contribution in [1.82, 2.24) is 5.32 Å². The lowest BCUT2D eigenvalue weighted by atomic mass is 9.86. The van der Waals surface area contributed by atoms with Crippen LogP contribution in [0.5, 0.6) is 0 Å². The number of amides is 1. The summed E-state index contributed by atoms with van der Waals surface area (Å²) in [5.41, 5.74) is -0.501. The standard InChI is InChI=1S/C14H25NO4/c1-5-18-12(16)10-7-6-8-11(9-10)15-13(17)19-14(2,3)4/h10-11H,5-9H2,1-4H3,(H,15,17)/t10-,11-/m0/s1. The summed E-state index contributed by atoms with van der Waals surface area (Å²) in [6.07, 6.45) is 2.87. The number of hydrogen-bond donors (Lipinski definition) is 1. The van der Waals surface area contributed by atoms with Crippen LogP contribution in [0.4, 0.5) is 4.79 Å². The Hall–Kier alpha value is -1.26. The first-order valence-electron chi connectivity index (χ1n) is 6.98. The van der Waals surface area contributed by atoms with Crippen LogP contribution in [0.25, 0.3) is 0 Å². The fourth-order valence-electron chi connectivity index (χ4n) is 2.27. The van der Waals surface area contributed by atoms with Crippen molar-refractivity contribution in [3.05, 3.63) is 0 Å². The van der Waals surface area contributed by atoms with Gasteiger partial charge < -0.3 is 14.8 Å². The molecule has 0 heterocycles. The third-order valence-electron chi connectivity index (χ3n) is 3.01. The average molecular weight is 271 g/mol. The van der Waals surface area contributed by atoms with E-state index in [9.17, 15) is 9.59 Å². The topological polar surface area (TPSA) is 64.6 Å². The molecule has 110 valence electrons. The van der Waals surface area contributed by atoms with Crippen molar-refractivity contribution in [1.29, 1.82) is 0 Å². The van der Waals surface area contributed by atoms with E-state index in [2.05, 4.69) is 5.32 Å². The Morgan fingerprint density at radius 2 is 1.95 bits per heavy atom. The van der Waals surface area contributed by atoms with Crippen LogP contribution in [0.1, 0.15) is 53.4 Å². The van der Waals surface area contributed by atoms with Gasteiger partial charge >= 0.3 is 12.1 Å². The summed E-state index contributed by atoms with van der Waals surface area (Å²) in [6.45, 7) is 7.69. The van der Waals surface area contributed by atoms with Gasteiger partial charge in [0.2, 0.25) is 0 Å². The van der Waals surface area contributed by atoms with Gasteiger partial charge in [0, 0.05) is 6.04 Å². The van der Waals surface area contributed by atoms with E-state index in [0.29, 0.717) is 13.0 Å². The molecule has 0 saturated heterocycles. The van der Waals surface area contributed by atoms with Crippen LogP contribution in [-0.2, 0) is 14.3 Å². The van der Waals surface area contributed by atoms with Crippen molar-refractivity contribution in [2.24, 2.45) is 5.92 Å². The van der Waals surface area contributed by atoms with E-state index in [1.54, 1.807) is 6.92 Å². The smallest absolute Gasteiger partial charge is 0.407 e. The van der Waals surface area contributed by atoms with Gasteiger partial charge in [-0.05, 0) is 47.0 Å². The molecule has 19 heavy (non-hydrogen) atoms. The average Bonchev–Trinajstić information content (AvgIpc) is 2.27. The van der Waals surface area contributed by atoms with Crippen LogP contribution in [0, 0.1) is 5.92 Å². The molecular weight excluding hydrogens is 246 g/mol. The molecule has 0 unspecified atom stereocenters. The first-order valence-corrected chi connectivity index (χ1v) is 6.98. The summed E-state index contributed by atoms with van der Waals surface area (Å²) in [4.78, 5) is 23.4. The van der Waals surface area contributed by atoms with Gasteiger partial charge in [-0.3, -0.25) is 4.79 Å². The van der Waals surface area contributed by atoms with Crippen molar-refractivity contribution in [3.8, 4) is 0 Å². The summed E-state index contributed by atoms with van der Waals surface area (Å²) in [5.74, 6) is -0.258. The van der Waals surface area contributed by atoms with Crippen LogP contribution >= 0.6 is 0 Å². The predicted molar refractivity (Wildman–Crippen MR) is 71.7 cm³/mol. The van der Waals surface area contributed by atoms with Crippen molar-refractivity contribution in [3.63, 3.8) is 0 Å². The minimum atomic E-state index is -0.501. The Morgan fingerprint density at radius 1 is 1.26 bits per heavy atom. The number of nitrogens with one attached hydrogen (secondary N) is 1. The Kier molecular flexibility index (Phi) is 5.63. The lowest BCUT2D eigenvalue weighted by Gasteiger charge is -2.29. The number of esters is 1. The monoisotopic (exact) mass is 271 g/mol. The fourth-order valence-corrected chi connectivity index (χ4v) is 2.27. The van der Waals surface area contributed by atoms with E-state index in [0.717, 1.165) is 19.3 Å². The number of ether oxygens (including phenoxy) is 2. The molecule has 0 spiro atoms. The minimum absolute atomic E-state index is 0.00185. The highest BCUT2D eigenvalue weighted by Gasteiger charge is 2.30. The molecule has 2 atom stereocenters. The van der Waals surface area contributed by atoms with Gasteiger partial charge in [0.1, 0.15) is 5.60 Å². The molecule has 0 bridgehead atoms. The summed E-state index contributed by atoms with van der Waals surface area (Å²) < 4.78 is 10.2. The second kappa shape index (κ2) is 6.78. The quantitative estimate of drug-likeness (QED) is 0.801. The van der Waals surface area contributed by atoms with Crippen molar-refractivity contribution in [2.45, 2.75) is 65.0 Å². The third kappa shape index (κ3) is 5.94. The minimum Gasteiger partial charge on any atom is -0.466 e. The zero-order valence-electron chi connectivity index (χ0n) is 12.3. The largest absolute Gasteiger partial charge is 0.466 e. The van der Waals surface area contributed by atoms with E-state index < -0.39 is 11.7 Å². The molecule has 0 aliphatic heterocycles. The highest BCUT2D eigenvalue weighted by Crippen LogP contribution is 2.25. The first kappa shape index (κ1) is 15.8. The fraction of sp³-hybridized carbons (Fsp3) is 0.857. The van der Waals surface area contributed by atoms with E-state index in [1.165, 1.54) is 0 Å². The summed E-state index contributed by atoms with van der Waals surface area (Å²) >= 11 is 0. The van der Waals surface area contributed by atoms with Gasteiger partial charge in [0.15, 0.2) is 0 Å². The summed E-state index contributed by atoms with van der Waals surface area (Å²) in [5, 5.41) is 2.83. The van der Waals surface area contributed by atoms with Crippen molar-refractivity contribution >= 4 is 12.1 Å². The van der Waals surface area contributed by atoms with Crippen molar-refractivity contribution in [2.75, 3.05) is 6.61 Å². The normalized spacial score (nSPS) is 23.6. The zero-order valence-corrected chi connectivity index (χ0v) is 12.3. The van der Waals surface area contributed by atoms with Gasteiger partial charge in [-0.2, -0.15) is 0 Å². The molecule has 0 aromatic carbocycles. The molecule has 1 saturated carbocycles. The Bertz CT molecular complexity index is 322. The maximum absolute atomic E-state index is 11.7. The third-order valence-corrected chi connectivity index (χ3v) is 3.01. The molecule has 0 aromatic heterocycles. The van der Waals surface area contributed by atoms with Gasteiger partial charge in [-0.25, -0.2) is 4.79 Å². The Balaban J connectivity index is 2.42. The number of rotatable bonds is 3. The Labute approximate surface area is 115 Å². The molecule has 1 rings (SSSR count). The maximum Gasteiger partial charge on any atom is 0.407 e. The molecular formula is C14H25NO4. The second-order valence-corrected chi connectivity index (χ2v) is 5.96. The molecule has 1 aliphatic carbocycles. The summed E-state index contributed by atoms with van der Waals surface area (Å²) in [7, 11) is 0. The van der Waals surface area contributed by atoms with Crippen LogP contribution in [-0.4, -0.2) is 30.3 Å². The van der Waals surface area contributed by atoms with Crippen LogP contribution < -0.4 is 5.32 Å². The van der Waals surface area contributed by atoms with Crippen molar-refractivity contribution < 1.29 is 19.1 Å². The van der Waals surface area contributed by atoms with Gasteiger partial charge in [0.25, 0.3) is 0 Å². The molecule has 1 N–H and O–H groups in total. The Morgan fingerprint density at radius 3 is 2.53 bits per heavy atom. The van der Waals surface area contributed by atoms with E-state index >= 15 is 0 Å².